The Kier molecular flexibility index (Phi) is 4.24. The van der Waals surface area contributed by atoms with Crippen LogP contribution < -0.4 is 0 Å². The van der Waals surface area contributed by atoms with Crippen LogP contribution in [0, 0.1) is 0 Å². The summed E-state index contributed by atoms with van der Waals surface area (Å²) in [6, 6.07) is 14.9. The van der Waals surface area contributed by atoms with E-state index in [1.165, 1.54) is 10.8 Å². The minimum absolute atomic E-state index is 0.407. The first-order chi connectivity index (χ1) is 10.1. The highest BCUT2D eigenvalue weighted by Gasteiger charge is 2.25. The molecule has 0 aliphatic carbocycles. The lowest BCUT2D eigenvalue weighted by Crippen LogP contribution is -2.50. The van der Waals surface area contributed by atoms with Gasteiger partial charge in [-0.25, -0.2) is 0 Å². The van der Waals surface area contributed by atoms with Crippen molar-refractivity contribution >= 4 is 10.8 Å². The van der Waals surface area contributed by atoms with E-state index in [2.05, 4.69) is 48.2 Å². The zero-order chi connectivity index (χ0) is 14.8. The van der Waals surface area contributed by atoms with Gasteiger partial charge in [0.2, 0.25) is 0 Å². The minimum Gasteiger partial charge on any atom is -0.388 e. The summed E-state index contributed by atoms with van der Waals surface area (Å²) in [4.78, 5) is 4.72. The van der Waals surface area contributed by atoms with Crippen LogP contribution in [0.3, 0.4) is 0 Å². The Morgan fingerprint density at radius 1 is 1.10 bits per heavy atom. The van der Waals surface area contributed by atoms with Crippen LogP contribution in [0.4, 0.5) is 0 Å². The van der Waals surface area contributed by atoms with Crippen LogP contribution in [-0.2, 0) is 0 Å². The molecule has 0 bridgehead atoms. The standard InChI is InChI=1S/C18H24N2O/c1-19-10-11-20(2)15(13-19)12-18(21)17-9-5-7-14-6-3-4-8-16(14)17/h3-9,15,18,21H,10-13H2,1-2H3. The first kappa shape index (κ1) is 14.5. The Bertz CT molecular complexity index is 608. The monoisotopic (exact) mass is 284 g/mol. The molecule has 0 radical (unpaired) electrons. The number of rotatable bonds is 3. The number of aliphatic hydroxyl groups is 1. The van der Waals surface area contributed by atoms with Crippen molar-refractivity contribution in [1.82, 2.24) is 9.80 Å². The Labute approximate surface area is 126 Å². The van der Waals surface area contributed by atoms with Crippen LogP contribution >= 0.6 is 0 Å². The van der Waals surface area contributed by atoms with E-state index in [1.807, 2.05) is 18.2 Å². The molecule has 1 aliphatic heterocycles. The molecule has 0 spiro atoms. The van der Waals surface area contributed by atoms with Gasteiger partial charge >= 0.3 is 0 Å². The molecule has 1 aliphatic rings. The van der Waals surface area contributed by atoms with E-state index in [0.29, 0.717) is 6.04 Å². The average molecular weight is 284 g/mol. The molecule has 3 heteroatoms. The van der Waals surface area contributed by atoms with E-state index in [1.54, 1.807) is 0 Å². The quantitative estimate of drug-likeness (QED) is 0.938. The van der Waals surface area contributed by atoms with Crippen molar-refractivity contribution in [2.75, 3.05) is 33.7 Å². The summed E-state index contributed by atoms with van der Waals surface area (Å²) in [5.41, 5.74) is 1.05. The lowest BCUT2D eigenvalue weighted by atomic mass is 9.95. The van der Waals surface area contributed by atoms with Crippen LogP contribution in [0.25, 0.3) is 10.8 Å². The zero-order valence-corrected chi connectivity index (χ0v) is 12.9. The minimum atomic E-state index is -0.407. The van der Waals surface area contributed by atoms with Crippen LogP contribution in [0.2, 0.25) is 0 Å². The van der Waals surface area contributed by atoms with Gasteiger partial charge in [-0.1, -0.05) is 42.5 Å². The molecule has 2 aromatic rings. The van der Waals surface area contributed by atoms with Crippen LogP contribution in [0.5, 0.6) is 0 Å². The van der Waals surface area contributed by atoms with Gasteiger partial charge in [-0.05, 0) is 36.9 Å². The Morgan fingerprint density at radius 2 is 1.86 bits per heavy atom. The van der Waals surface area contributed by atoms with E-state index >= 15 is 0 Å². The molecule has 2 aromatic carbocycles. The topological polar surface area (TPSA) is 26.7 Å². The molecule has 3 nitrogen and oxygen atoms in total. The summed E-state index contributed by atoms with van der Waals surface area (Å²) in [5.74, 6) is 0. The van der Waals surface area contributed by atoms with E-state index in [-0.39, 0.29) is 0 Å². The highest BCUT2D eigenvalue weighted by atomic mass is 16.3. The Hall–Kier alpha value is -1.42. The van der Waals surface area contributed by atoms with E-state index in [9.17, 15) is 5.11 Å². The fourth-order valence-electron chi connectivity index (χ4n) is 3.28. The molecule has 1 saturated heterocycles. The van der Waals surface area contributed by atoms with Crippen LogP contribution in [0.15, 0.2) is 42.5 Å². The SMILES string of the molecule is CN1CCN(C)C(CC(O)c2cccc3ccccc23)C1. The van der Waals surface area contributed by atoms with Gasteiger partial charge in [0.05, 0.1) is 6.10 Å². The van der Waals surface area contributed by atoms with Gasteiger partial charge in [-0.15, -0.1) is 0 Å². The van der Waals surface area contributed by atoms with Gasteiger partial charge in [0, 0.05) is 25.7 Å². The molecule has 0 saturated carbocycles. The molecule has 2 unspecified atom stereocenters. The summed E-state index contributed by atoms with van der Waals surface area (Å²) in [5, 5.41) is 13.1. The number of nitrogens with zero attached hydrogens (tertiary/aromatic N) is 2. The second-order valence-corrected chi connectivity index (χ2v) is 6.22. The van der Waals surface area contributed by atoms with Crippen molar-refractivity contribution in [1.29, 1.82) is 0 Å². The first-order valence-electron chi connectivity index (χ1n) is 7.69. The zero-order valence-electron chi connectivity index (χ0n) is 12.9. The Balaban J connectivity index is 1.82. The molecule has 2 atom stereocenters. The number of fused-ring (bicyclic) bond motifs is 1. The number of piperazine rings is 1. The normalized spacial score (nSPS) is 22.5. The molecule has 0 amide bonds. The third-order valence-electron chi connectivity index (χ3n) is 4.66. The van der Waals surface area contributed by atoms with Crippen molar-refractivity contribution in [3.8, 4) is 0 Å². The molecular formula is C18H24N2O. The maximum absolute atomic E-state index is 10.7. The van der Waals surface area contributed by atoms with E-state index in [0.717, 1.165) is 31.6 Å². The van der Waals surface area contributed by atoms with Crippen LogP contribution in [0.1, 0.15) is 18.1 Å². The third-order valence-corrected chi connectivity index (χ3v) is 4.66. The van der Waals surface area contributed by atoms with Crippen molar-refractivity contribution in [2.24, 2.45) is 0 Å². The van der Waals surface area contributed by atoms with E-state index in [4.69, 9.17) is 0 Å². The number of aliphatic hydroxyl groups excluding tert-OH is 1. The molecule has 1 heterocycles. The first-order valence-corrected chi connectivity index (χ1v) is 7.69. The molecule has 21 heavy (non-hydrogen) atoms. The molecule has 112 valence electrons. The molecular weight excluding hydrogens is 260 g/mol. The van der Waals surface area contributed by atoms with Gasteiger partial charge in [0.25, 0.3) is 0 Å². The van der Waals surface area contributed by atoms with Gasteiger partial charge in [-0.2, -0.15) is 0 Å². The van der Waals surface area contributed by atoms with Crippen molar-refractivity contribution in [3.05, 3.63) is 48.0 Å². The smallest absolute Gasteiger partial charge is 0.0811 e. The predicted molar refractivity (Wildman–Crippen MR) is 87.4 cm³/mol. The number of benzene rings is 2. The van der Waals surface area contributed by atoms with Gasteiger partial charge in [0.15, 0.2) is 0 Å². The maximum atomic E-state index is 10.7. The lowest BCUT2D eigenvalue weighted by Gasteiger charge is -2.38. The second kappa shape index (κ2) is 6.14. The highest BCUT2D eigenvalue weighted by molar-refractivity contribution is 5.85. The Morgan fingerprint density at radius 3 is 2.71 bits per heavy atom. The highest BCUT2D eigenvalue weighted by Crippen LogP contribution is 2.28. The van der Waals surface area contributed by atoms with Crippen molar-refractivity contribution in [2.45, 2.75) is 18.6 Å². The van der Waals surface area contributed by atoms with Crippen molar-refractivity contribution < 1.29 is 5.11 Å². The number of hydrogen-bond acceptors (Lipinski definition) is 3. The van der Waals surface area contributed by atoms with Gasteiger partial charge < -0.3 is 14.9 Å². The van der Waals surface area contributed by atoms with Gasteiger partial charge in [0.1, 0.15) is 0 Å². The predicted octanol–water partition coefficient (Wildman–Crippen LogP) is 2.51. The summed E-state index contributed by atoms with van der Waals surface area (Å²) in [6.45, 7) is 3.21. The number of hydrogen-bond donors (Lipinski definition) is 1. The summed E-state index contributed by atoms with van der Waals surface area (Å²) in [7, 11) is 4.32. The molecule has 1 fully saturated rings. The van der Waals surface area contributed by atoms with Crippen LogP contribution in [-0.4, -0.2) is 54.7 Å². The second-order valence-electron chi connectivity index (χ2n) is 6.22. The summed E-state index contributed by atoms with van der Waals surface area (Å²) in [6.07, 6.45) is 0.379. The maximum Gasteiger partial charge on any atom is 0.0811 e. The largest absolute Gasteiger partial charge is 0.388 e. The summed E-state index contributed by atoms with van der Waals surface area (Å²) >= 11 is 0. The third kappa shape index (κ3) is 3.10. The lowest BCUT2D eigenvalue weighted by molar-refractivity contribution is 0.0640. The molecule has 1 N–H and O–H groups in total. The van der Waals surface area contributed by atoms with E-state index < -0.39 is 6.10 Å². The summed E-state index contributed by atoms with van der Waals surface area (Å²) < 4.78 is 0. The molecule has 3 rings (SSSR count). The van der Waals surface area contributed by atoms with Gasteiger partial charge in [-0.3, -0.25) is 0 Å². The molecule has 0 aromatic heterocycles. The average Bonchev–Trinajstić information content (AvgIpc) is 2.50. The fraction of sp³-hybridized carbons (Fsp3) is 0.444. The van der Waals surface area contributed by atoms with Crippen molar-refractivity contribution in [3.63, 3.8) is 0 Å². The number of likely N-dealkylation sites (N-methyl/N-ethyl adjacent to an activating group) is 2. The fourth-order valence-corrected chi connectivity index (χ4v) is 3.28.